The summed E-state index contributed by atoms with van der Waals surface area (Å²) in [5.41, 5.74) is 16.5. The van der Waals surface area contributed by atoms with Crippen LogP contribution in [0.25, 0.3) is 0 Å². The Hall–Kier alpha value is -1.93. The van der Waals surface area contributed by atoms with Gasteiger partial charge >= 0.3 is 5.97 Å². The molecule has 0 heterocycles. The van der Waals surface area contributed by atoms with Gasteiger partial charge in [0.25, 0.3) is 0 Å². The summed E-state index contributed by atoms with van der Waals surface area (Å²) < 4.78 is 0. The molecule has 0 aliphatic carbocycles. The number of thioether (sulfide) groups is 1. The number of carbonyl (C=O) groups excluding carboxylic acids is 3. The summed E-state index contributed by atoms with van der Waals surface area (Å²) in [5.74, 6) is -2.52. The van der Waals surface area contributed by atoms with E-state index in [4.69, 9.17) is 22.3 Å². The number of aliphatic hydroxyl groups is 1. The summed E-state index contributed by atoms with van der Waals surface area (Å²) >= 11 is 1.47. The second-order valence-corrected chi connectivity index (χ2v) is 8.65. The van der Waals surface area contributed by atoms with Crippen molar-refractivity contribution in [2.24, 2.45) is 17.2 Å². The number of unbranched alkanes of at least 4 members (excludes halogenated alkanes) is 2. The summed E-state index contributed by atoms with van der Waals surface area (Å²) in [6.45, 7) is 0.249. The Morgan fingerprint density at radius 1 is 0.788 bits per heavy atom. The molecule has 33 heavy (non-hydrogen) atoms. The normalized spacial score (nSPS) is 14.6. The predicted octanol–water partition coefficient (Wildman–Crippen LogP) is -2.14. The van der Waals surface area contributed by atoms with Crippen molar-refractivity contribution in [1.82, 2.24) is 16.0 Å². The molecule has 0 saturated heterocycles. The van der Waals surface area contributed by atoms with Crippen LogP contribution in [0.5, 0.6) is 0 Å². The van der Waals surface area contributed by atoms with Crippen LogP contribution < -0.4 is 33.2 Å². The van der Waals surface area contributed by atoms with Crippen LogP contribution in [0.4, 0.5) is 0 Å². The van der Waals surface area contributed by atoms with E-state index >= 15 is 0 Å². The molecule has 0 spiro atoms. The summed E-state index contributed by atoms with van der Waals surface area (Å²) in [7, 11) is 0. The lowest BCUT2D eigenvalue weighted by atomic mass is 10.1. The van der Waals surface area contributed by atoms with Crippen molar-refractivity contribution >= 4 is 35.5 Å². The molecule has 4 atom stereocenters. The van der Waals surface area contributed by atoms with E-state index in [2.05, 4.69) is 16.0 Å². The zero-order chi connectivity index (χ0) is 25.2. The highest BCUT2D eigenvalue weighted by Gasteiger charge is 2.29. The molecule has 3 amide bonds. The van der Waals surface area contributed by atoms with Crippen molar-refractivity contribution in [1.29, 1.82) is 0 Å². The molecule has 0 aliphatic rings. The largest absolute Gasteiger partial charge is 0.480 e. The Bertz CT molecular complexity index is 612. The highest BCUT2D eigenvalue weighted by molar-refractivity contribution is 7.98. The maximum atomic E-state index is 12.9. The van der Waals surface area contributed by atoms with Crippen molar-refractivity contribution in [2.45, 2.75) is 69.1 Å². The Morgan fingerprint density at radius 2 is 1.24 bits per heavy atom. The Balaban J connectivity index is 5.37. The van der Waals surface area contributed by atoms with Crippen LogP contribution in [0.3, 0.4) is 0 Å². The van der Waals surface area contributed by atoms with Crippen LogP contribution >= 0.6 is 11.8 Å². The van der Waals surface area contributed by atoms with Gasteiger partial charge in [0.1, 0.15) is 24.2 Å². The molecule has 0 aromatic heterocycles. The number of nitrogens with one attached hydrogen (secondary N) is 3. The van der Waals surface area contributed by atoms with Crippen LogP contribution in [0.15, 0.2) is 0 Å². The van der Waals surface area contributed by atoms with Gasteiger partial charge in [-0.3, -0.25) is 14.4 Å². The summed E-state index contributed by atoms with van der Waals surface area (Å²) in [6.07, 6.45) is 4.92. The fourth-order valence-electron chi connectivity index (χ4n) is 2.92. The van der Waals surface area contributed by atoms with Crippen molar-refractivity contribution in [3.05, 3.63) is 0 Å². The minimum absolute atomic E-state index is 0.215. The monoisotopic (exact) mass is 492 g/mol. The number of amides is 3. The zero-order valence-electron chi connectivity index (χ0n) is 19.3. The van der Waals surface area contributed by atoms with Crippen molar-refractivity contribution in [3.8, 4) is 0 Å². The van der Waals surface area contributed by atoms with E-state index in [1.165, 1.54) is 11.8 Å². The number of carboxylic acid groups (broad SMARTS) is 1. The minimum atomic E-state index is -1.18. The number of nitrogens with two attached hydrogens (primary N) is 3. The molecule has 0 aliphatic heterocycles. The molecule has 12 nitrogen and oxygen atoms in total. The SMILES string of the molecule is CSCCC(NC(=O)C(N)CO)C(=O)NC(CCCCN)C(=O)NC(CCCCN)C(=O)O. The first-order valence-corrected chi connectivity index (χ1v) is 12.5. The van der Waals surface area contributed by atoms with Gasteiger partial charge in [0, 0.05) is 0 Å². The third kappa shape index (κ3) is 13.4. The maximum Gasteiger partial charge on any atom is 0.326 e. The second-order valence-electron chi connectivity index (χ2n) is 7.66. The van der Waals surface area contributed by atoms with E-state index in [9.17, 15) is 24.3 Å². The zero-order valence-corrected chi connectivity index (χ0v) is 20.1. The molecule has 0 aromatic carbocycles. The van der Waals surface area contributed by atoms with Crippen molar-refractivity contribution < 1.29 is 29.4 Å². The number of carbonyl (C=O) groups is 4. The van der Waals surface area contributed by atoms with Gasteiger partial charge in [-0.25, -0.2) is 4.79 Å². The van der Waals surface area contributed by atoms with Gasteiger partial charge in [0.15, 0.2) is 0 Å². The Kier molecular flexibility index (Phi) is 17.4. The number of hydrogen-bond acceptors (Lipinski definition) is 9. The first-order valence-electron chi connectivity index (χ1n) is 11.1. The molecular formula is C20H40N6O6S. The van der Waals surface area contributed by atoms with Gasteiger partial charge in [-0.1, -0.05) is 0 Å². The molecule has 0 radical (unpaired) electrons. The van der Waals surface area contributed by atoms with E-state index < -0.39 is 54.5 Å². The molecule has 0 bridgehead atoms. The van der Waals surface area contributed by atoms with E-state index in [0.717, 1.165) is 0 Å². The first-order chi connectivity index (χ1) is 15.7. The molecular weight excluding hydrogens is 452 g/mol. The third-order valence-corrected chi connectivity index (χ3v) is 5.56. The Morgan fingerprint density at radius 3 is 1.70 bits per heavy atom. The number of rotatable bonds is 19. The highest BCUT2D eigenvalue weighted by atomic mass is 32.2. The van der Waals surface area contributed by atoms with Crippen molar-refractivity contribution in [2.75, 3.05) is 31.7 Å². The van der Waals surface area contributed by atoms with Crippen LogP contribution in [-0.4, -0.2) is 89.8 Å². The molecule has 0 rings (SSSR count). The van der Waals surface area contributed by atoms with Gasteiger partial charge in [0.2, 0.25) is 17.7 Å². The smallest absolute Gasteiger partial charge is 0.326 e. The fourth-order valence-corrected chi connectivity index (χ4v) is 3.39. The number of carboxylic acids is 1. The van der Waals surface area contributed by atoms with Crippen molar-refractivity contribution in [3.63, 3.8) is 0 Å². The van der Waals surface area contributed by atoms with E-state index in [-0.39, 0.29) is 19.3 Å². The highest BCUT2D eigenvalue weighted by Crippen LogP contribution is 2.07. The summed E-state index contributed by atoms with van der Waals surface area (Å²) in [6, 6.07) is -4.25. The Labute approximate surface area is 199 Å². The number of aliphatic carboxylic acids is 1. The molecule has 11 N–H and O–H groups in total. The standard InChI is InChI=1S/C20H40N6O6S/c1-33-11-8-15(24-17(28)13(23)12-27)19(30)25-14(6-2-4-9-21)18(29)26-16(20(31)32)7-3-5-10-22/h13-16,27H,2-12,21-23H2,1H3,(H,24,28)(H,25,30)(H,26,29)(H,31,32). The fraction of sp³-hybridized carbons (Fsp3) is 0.800. The van der Waals surface area contributed by atoms with Crippen LogP contribution in [0.2, 0.25) is 0 Å². The maximum absolute atomic E-state index is 12.9. The number of hydrogen-bond donors (Lipinski definition) is 8. The van der Waals surface area contributed by atoms with Crippen LogP contribution in [-0.2, 0) is 19.2 Å². The molecule has 0 saturated carbocycles. The van der Waals surface area contributed by atoms with Crippen LogP contribution in [0.1, 0.15) is 44.9 Å². The third-order valence-electron chi connectivity index (χ3n) is 4.92. The average Bonchev–Trinajstić information content (AvgIpc) is 2.79. The first kappa shape index (κ1) is 31.1. The lowest BCUT2D eigenvalue weighted by Crippen LogP contribution is -2.57. The van der Waals surface area contributed by atoms with Crippen LogP contribution in [0, 0.1) is 0 Å². The lowest BCUT2D eigenvalue weighted by molar-refractivity contribution is -0.142. The molecule has 4 unspecified atom stereocenters. The van der Waals surface area contributed by atoms with E-state index in [0.29, 0.717) is 44.5 Å². The lowest BCUT2D eigenvalue weighted by Gasteiger charge is -2.25. The number of aliphatic hydroxyl groups excluding tert-OH is 1. The quantitative estimate of drug-likeness (QED) is 0.0913. The summed E-state index contributed by atoms with van der Waals surface area (Å²) in [4.78, 5) is 49.4. The van der Waals surface area contributed by atoms with Gasteiger partial charge in [-0.05, 0) is 70.0 Å². The van der Waals surface area contributed by atoms with Gasteiger partial charge in [-0.15, -0.1) is 0 Å². The van der Waals surface area contributed by atoms with E-state index in [1.54, 1.807) is 0 Å². The molecule has 192 valence electrons. The van der Waals surface area contributed by atoms with Gasteiger partial charge in [-0.2, -0.15) is 11.8 Å². The van der Waals surface area contributed by atoms with E-state index in [1.807, 2.05) is 6.26 Å². The summed E-state index contributed by atoms with van der Waals surface area (Å²) in [5, 5.41) is 26.1. The van der Waals surface area contributed by atoms with Gasteiger partial charge in [0.05, 0.1) is 6.61 Å². The molecule has 0 aromatic rings. The average molecular weight is 493 g/mol. The minimum Gasteiger partial charge on any atom is -0.480 e. The topological polar surface area (TPSA) is 223 Å². The second kappa shape index (κ2) is 18.5. The molecule has 0 fully saturated rings. The molecule has 13 heteroatoms. The van der Waals surface area contributed by atoms with Gasteiger partial charge < -0.3 is 43.4 Å². The predicted molar refractivity (Wildman–Crippen MR) is 127 cm³/mol.